The maximum absolute atomic E-state index is 13.6. The molecule has 0 aromatic heterocycles. The third-order valence-corrected chi connectivity index (χ3v) is 5.44. The van der Waals surface area contributed by atoms with Gasteiger partial charge in [0.1, 0.15) is 0 Å². The van der Waals surface area contributed by atoms with Crippen LogP contribution in [0.5, 0.6) is 0 Å². The highest BCUT2D eigenvalue weighted by Gasteiger charge is 2.90. The number of rotatable bonds is 17. The lowest BCUT2D eigenvalue weighted by atomic mass is 9.93. The van der Waals surface area contributed by atoms with Gasteiger partial charge in [-0.25, -0.2) is 0 Å². The zero-order valence-corrected chi connectivity index (χ0v) is 19.0. The van der Waals surface area contributed by atoms with Gasteiger partial charge in [0.2, 0.25) is 0 Å². The first-order chi connectivity index (χ1) is 15.2. The normalized spacial score (nSPS) is 15.6. The van der Waals surface area contributed by atoms with Gasteiger partial charge < -0.3 is 4.74 Å². The first-order valence-corrected chi connectivity index (χ1v) is 11.0. The Morgan fingerprint density at radius 1 is 0.588 bits per heavy atom. The van der Waals surface area contributed by atoms with Gasteiger partial charge in [-0.1, -0.05) is 58.3 Å². The van der Waals surface area contributed by atoms with Gasteiger partial charge in [0, 0.05) is 6.42 Å². The minimum Gasteiger partial charge on any atom is -0.368 e. The topological polar surface area (TPSA) is 9.23 Å². The molecular weight excluding hydrogens is 523 g/mol. The lowest BCUT2D eigenvalue weighted by Crippen LogP contribution is -2.70. The Morgan fingerprint density at radius 3 is 1.44 bits per heavy atom. The first kappa shape index (κ1) is 33.4. The molecule has 0 rings (SSSR count). The highest BCUT2D eigenvalue weighted by Crippen LogP contribution is 2.60. The summed E-state index contributed by atoms with van der Waals surface area (Å²) in [5.74, 6) is -36.8. The van der Waals surface area contributed by atoms with E-state index in [1.807, 2.05) is 0 Å². The minimum atomic E-state index is -7.88. The molecule has 0 fully saturated rings. The second-order valence-electron chi connectivity index (χ2n) is 7.84. The van der Waals surface area contributed by atoms with Crippen LogP contribution in [0.4, 0.5) is 57.1 Å². The van der Waals surface area contributed by atoms with Crippen molar-refractivity contribution < 1.29 is 61.8 Å². The molecule has 0 saturated heterocycles. The van der Waals surface area contributed by atoms with Gasteiger partial charge in [-0.3, -0.25) is 0 Å². The summed E-state index contributed by atoms with van der Waals surface area (Å²) in [6.07, 6.45) is -2.36. The molecule has 1 unspecified atom stereocenters. The van der Waals surface area contributed by atoms with E-state index in [4.69, 9.17) is 0 Å². The molecule has 0 radical (unpaired) electrons. The minimum absolute atomic E-state index is 0.145. The average molecular weight is 550 g/mol. The Balaban J connectivity index is 4.89. The molecule has 0 aliphatic heterocycles. The molecule has 0 amide bonds. The third kappa shape index (κ3) is 7.70. The third-order valence-electron chi connectivity index (χ3n) is 5.03. The molecule has 0 aromatic rings. The first-order valence-electron chi connectivity index (χ1n) is 10.5. The predicted octanol–water partition coefficient (Wildman–Crippen LogP) is 8.92. The lowest BCUT2D eigenvalue weighted by molar-refractivity contribution is -0.440. The van der Waals surface area contributed by atoms with Gasteiger partial charge >= 0.3 is 35.8 Å². The molecule has 0 aromatic carbocycles. The molecule has 0 saturated carbocycles. The van der Waals surface area contributed by atoms with Crippen LogP contribution in [0.2, 0.25) is 0 Å². The molecule has 0 aliphatic carbocycles. The van der Waals surface area contributed by atoms with E-state index in [1.54, 1.807) is 0 Å². The van der Waals surface area contributed by atoms with Gasteiger partial charge in [0.05, 0.1) is 12.0 Å². The van der Waals surface area contributed by atoms with Crippen molar-refractivity contribution in [1.29, 1.82) is 0 Å². The summed E-state index contributed by atoms with van der Waals surface area (Å²) in [5.41, 5.74) is -1.11. The standard InChI is InChI=1S/C19H27F13OS/c1-2-3-4-5-6-7-8-9-10-13(34)33-12-11-14(20,21)15(22,23)16(24,25)17(26,27)18(28,29)19(30,31)32/h13,34H,2-12H2,1H3. The van der Waals surface area contributed by atoms with E-state index in [2.05, 4.69) is 24.3 Å². The van der Waals surface area contributed by atoms with Crippen LogP contribution in [0.25, 0.3) is 0 Å². The summed E-state index contributed by atoms with van der Waals surface area (Å²) in [4.78, 5) is 0. The fourth-order valence-electron chi connectivity index (χ4n) is 2.82. The molecule has 206 valence electrons. The van der Waals surface area contributed by atoms with E-state index in [1.165, 1.54) is 0 Å². The van der Waals surface area contributed by atoms with Crippen LogP contribution in [-0.4, -0.2) is 47.8 Å². The second kappa shape index (κ2) is 12.6. The van der Waals surface area contributed by atoms with Gasteiger partial charge in [-0.15, -0.1) is 12.6 Å². The van der Waals surface area contributed by atoms with Gasteiger partial charge in [0.25, 0.3) is 0 Å². The predicted molar refractivity (Wildman–Crippen MR) is 101 cm³/mol. The molecule has 0 spiro atoms. The highest BCUT2D eigenvalue weighted by atomic mass is 32.1. The molecule has 34 heavy (non-hydrogen) atoms. The number of unbranched alkanes of at least 4 members (excludes halogenated alkanes) is 7. The molecular formula is C19H27F13OS. The number of hydrogen-bond donors (Lipinski definition) is 1. The van der Waals surface area contributed by atoms with Crippen molar-refractivity contribution in [2.24, 2.45) is 0 Å². The summed E-state index contributed by atoms with van der Waals surface area (Å²) in [6.45, 7) is 0.627. The van der Waals surface area contributed by atoms with Gasteiger partial charge in [-0.2, -0.15) is 57.1 Å². The number of halogens is 13. The zero-order valence-electron chi connectivity index (χ0n) is 18.1. The maximum atomic E-state index is 13.6. The Labute approximate surface area is 194 Å². The summed E-state index contributed by atoms with van der Waals surface area (Å²) < 4.78 is 174. The summed E-state index contributed by atoms with van der Waals surface area (Å²) in [7, 11) is 0. The zero-order chi connectivity index (χ0) is 27.1. The maximum Gasteiger partial charge on any atom is 0.460 e. The highest BCUT2D eigenvalue weighted by molar-refractivity contribution is 7.80. The second-order valence-corrected chi connectivity index (χ2v) is 8.41. The number of ether oxygens (including phenoxy) is 1. The smallest absolute Gasteiger partial charge is 0.368 e. The fourth-order valence-corrected chi connectivity index (χ4v) is 3.11. The van der Waals surface area contributed by atoms with E-state index >= 15 is 0 Å². The van der Waals surface area contributed by atoms with E-state index in [-0.39, 0.29) is 6.42 Å². The summed E-state index contributed by atoms with van der Waals surface area (Å²) in [6, 6.07) is 0. The van der Waals surface area contributed by atoms with E-state index in [0.29, 0.717) is 12.8 Å². The molecule has 0 heterocycles. The van der Waals surface area contributed by atoms with Crippen molar-refractivity contribution in [3.05, 3.63) is 0 Å². The van der Waals surface area contributed by atoms with Crippen LogP contribution < -0.4 is 0 Å². The molecule has 0 N–H and O–H groups in total. The van der Waals surface area contributed by atoms with Crippen molar-refractivity contribution in [3.63, 3.8) is 0 Å². The van der Waals surface area contributed by atoms with E-state index in [0.717, 1.165) is 38.5 Å². The number of alkyl halides is 13. The van der Waals surface area contributed by atoms with Crippen molar-refractivity contribution >= 4 is 12.6 Å². The van der Waals surface area contributed by atoms with Crippen molar-refractivity contribution in [2.75, 3.05) is 6.61 Å². The monoisotopic (exact) mass is 550 g/mol. The Kier molecular flexibility index (Phi) is 12.4. The quantitative estimate of drug-likeness (QED) is 0.0824. The average Bonchev–Trinajstić information content (AvgIpc) is 2.68. The SMILES string of the molecule is CCCCCCCCCCC(S)OCCC(F)(F)C(F)(F)C(F)(F)C(F)(F)C(F)(F)C(F)(F)F. The van der Waals surface area contributed by atoms with E-state index in [9.17, 15) is 57.1 Å². The largest absolute Gasteiger partial charge is 0.460 e. The molecule has 15 heteroatoms. The number of hydrogen-bond acceptors (Lipinski definition) is 2. The van der Waals surface area contributed by atoms with Crippen molar-refractivity contribution in [3.8, 4) is 0 Å². The van der Waals surface area contributed by atoms with Crippen LogP contribution in [0.1, 0.15) is 71.1 Å². The number of thiol groups is 1. The lowest BCUT2D eigenvalue weighted by Gasteiger charge is -2.39. The Hall–Kier alpha value is -0.600. The van der Waals surface area contributed by atoms with E-state index < -0.39 is 54.3 Å². The van der Waals surface area contributed by atoms with Gasteiger partial charge in [0.15, 0.2) is 0 Å². The van der Waals surface area contributed by atoms with Crippen LogP contribution in [0, 0.1) is 0 Å². The molecule has 1 atom stereocenters. The van der Waals surface area contributed by atoms with Crippen LogP contribution in [0.3, 0.4) is 0 Å². The Bertz CT molecular complexity index is 593. The Morgan fingerprint density at radius 2 is 1.00 bits per heavy atom. The van der Waals surface area contributed by atoms with Crippen LogP contribution >= 0.6 is 12.6 Å². The molecule has 0 aliphatic rings. The van der Waals surface area contributed by atoms with Gasteiger partial charge in [-0.05, 0) is 6.42 Å². The molecule has 1 nitrogen and oxygen atoms in total. The summed E-state index contributed by atoms with van der Waals surface area (Å²) in [5, 5.41) is 0. The summed E-state index contributed by atoms with van der Waals surface area (Å²) >= 11 is 3.83. The van der Waals surface area contributed by atoms with Crippen molar-refractivity contribution in [2.45, 2.75) is 112 Å². The fraction of sp³-hybridized carbons (Fsp3) is 1.00. The van der Waals surface area contributed by atoms with Crippen LogP contribution in [-0.2, 0) is 4.74 Å². The molecule has 0 bridgehead atoms. The van der Waals surface area contributed by atoms with Crippen LogP contribution in [0.15, 0.2) is 0 Å². The van der Waals surface area contributed by atoms with Crippen molar-refractivity contribution in [1.82, 2.24) is 0 Å².